The average Bonchev–Trinajstić information content (AvgIpc) is 3.31. The monoisotopic (exact) mass is 350 g/mol. The first kappa shape index (κ1) is 14.6. The second-order valence-electron chi connectivity index (χ2n) is 6.08. The summed E-state index contributed by atoms with van der Waals surface area (Å²) in [6, 6.07) is 19.7. The van der Waals surface area contributed by atoms with Gasteiger partial charge in [0.2, 0.25) is 0 Å². The number of rotatable bonds is 2. The second kappa shape index (κ2) is 5.69. The second-order valence-corrected chi connectivity index (χ2v) is 6.52. The molecule has 2 aliphatic rings. The van der Waals surface area contributed by atoms with Crippen LogP contribution < -0.4 is 10.2 Å². The number of furan rings is 1. The van der Waals surface area contributed by atoms with Crippen molar-refractivity contribution in [1.29, 1.82) is 0 Å². The normalized spacial score (nSPS) is 21.7. The Kier molecular flexibility index (Phi) is 3.33. The fraction of sp³-hybridized carbons (Fsp3) is 0.100. The molecule has 5 heteroatoms. The number of benzene rings is 2. The molecular formula is C20H15ClN2O2. The molecule has 0 spiro atoms. The van der Waals surface area contributed by atoms with Crippen LogP contribution >= 0.6 is 11.6 Å². The van der Waals surface area contributed by atoms with Crippen molar-refractivity contribution in [2.45, 2.75) is 12.3 Å². The molecule has 2 atom stereocenters. The van der Waals surface area contributed by atoms with Gasteiger partial charge in [-0.15, -0.1) is 0 Å². The van der Waals surface area contributed by atoms with Crippen LogP contribution in [0.3, 0.4) is 0 Å². The smallest absolute Gasteiger partial charge is 0.195 e. The minimum Gasteiger partial charge on any atom is -0.469 e. The fourth-order valence-electron chi connectivity index (χ4n) is 3.38. The first-order valence-corrected chi connectivity index (χ1v) is 8.49. The lowest BCUT2D eigenvalue weighted by atomic mass is 10.0. The number of nitrogens with zero attached hydrogens (tertiary/aromatic N) is 1. The van der Waals surface area contributed by atoms with Crippen molar-refractivity contribution in [2.24, 2.45) is 0 Å². The summed E-state index contributed by atoms with van der Waals surface area (Å²) in [5.74, 6) is 1.64. The molecule has 0 saturated heterocycles. The van der Waals surface area contributed by atoms with Gasteiger partial charge in [-0.05, 0) is 36.4 Å². The zero-order valence-electron chi connectivity index (χ0n) is 13.2. The lowest BCUT2D eigenvalue weighted by molar-refractivity contribution is -0.0328. The summed E-state index contributed by atoms with van der Waals surface area (Å²) >= 11 is 6.22. The van der Waals surface area contributed by atoms with E-state index in [2.05, 4.69) is 28.6 Å². The third kappa shape index (κ3) is 2.42. The van der Waals surface area contributed by atoms with Gasteiger partial charge in [0.1, 0.15) is 5.75 Å². The Hall–Kier alpha value is -2.69. The summed E-state index contributed by atoms with van der Waals surface area (Å²) in [4.78, 5) is 0. The number of hydrogen-bond donors (Lipinski definition) is 1. The number of hydrazine groups is 1. The van der Waals surface area contributed by atoms with Gasteiger partial charge in [-0.25, -0.2) is 0 Å². The topological polar surface area (TPSA) is 37.6 Å². The highest BCUT2D eigenvalue weighted by molar-refractivity contribution is 6.30. The molecule has 0 amide bonds. The SMILES string of the molecule is Clc1ccc2c(c1)[C@@H]1C=C(c3ccco3)NN1[C@H](c1ccccc1)O2. The molecule has 0 saturated carbocycles. The number of ether oxygens (including phenoxy) is 1. The van der Waals surface area contributed by atoms with E-state index >= 15 is 0 Å². The number of fused-ring (bicyclic) bond motifs is 3. The van der Waals surface area contributed by atoms with Crippen LogP contribution in [0, 0.1) is 0 Å². The number of halogens is 1. The van der Waals surface area contributed by atoms with Gasteiger partial charge in [0.25, 0.3) is 0 Å². The van der Waals surface area contributed by atoms with Crippen molar-refractivity contribution in [1.82, 2.24) is 10.4 Å². The molecule has 3 heterocycles. The van der Waals surface area contributed by atoms with Gasteiger partial charge in [-0.2, -0.15) is 5.01 Å². The molecule has 25 heavy (non-hydrogen) atoms. The minimum atomic E-state index is -0.247. The molecule has 4 nitrogen and oxygen atoms in total. The zero-order chi connectivity index (χ0) is 16.8. The van der Waals surface area contributed by atoms with Crippen LogP contribution in [0.1, 0.15) is 29.2 Å². The predicted octanol–water partition coefficient (Wildman–Crippen LogP) is 4.93. The van der Waals surface area contributed by atoms with E-state index in [1.165, 1.54) is 0 Å². The minimum absolute atomic E-state index is 0.00718. The number of hydrogen-bond acceptors (Lipinski definition) is 4. The van der Waals surface area contributed by atoms with E-state index in [4.69, 9.17) is 20.8 Å². The van der Waals surface area contributed by atoms with Gasteiger partial charge in [-0.3, -0.25) is 0 Å². The van der Waals surface area contributed by atoms with Crippen molar-refractivity contribution in [3.8, 4) is 5.75 Å². The highest BCUT2D eigenvalue weighted by Gasteiger charge is 2.40. The lowest BCUT2D eigenvalue weighted by Crippen LogP contribution is -2.43. The van der Waals surface area contributed by atoms with Crippen LogP contribution in [0.15, 0.2) is 77.4 Å². The van der Waals surface area contributed by atoms with E-state index in [1.807, 2.05) is 48.5 Å². The van der Waals surface area contributed by atoms with Crippen LogP contribution in [0.25, 0.3) is 5.70 Å². The van der Waals surface area contributed by atoms with Crippen molar-refractivity contribution in [3.05, 3.63) is 94.9 Å². The average molecular weight is 351 g/mol. The molecule has 5 rings (SSSR count). The Labute approximate surface area is 150 Å². The zero-order valence-corrected chi connectivity index (χ0v) is 14.0. The maximum atomic E-state index is 6.29. The van der Waals surface area contributed by atoms with E-state index in [-0.39, 0.29) is 12.3 Å². The Morgan fingerprint density at radius 1 is 1.00 bits per heavy atom. The van der Waals surface area contributed by atoms with E-state index in [0.29, 0.717) is 5.02 Å². The summed E-state index contributed by atoms with van der Waals surface area (Å²) in [5, 5.41) is 2.78. The predicted molar refractivity (Wildman–Crippen MR) is 95.7 cm³/mol. The van der Waals surface area contributed by atoms with Gasteiger partial charge in [0, 0.05) is 16.1 Å². The van der Waals surface area contributed by atoms with E-state index in [0.717, 1.165) is 28.3 Å². The molecule has 0 fully saturated rings. The molecule has 0 radical (unpaired) electrons. The van der Waals surface area contributed by atoms with Crippen LogP contribution in [0.2, 0.25) is 5.02 Å². The van der Waals surface area contributed by atoms with E-state index in [1.54, 1.807) is 6.26 Å². The molecule has 124 valence electrons. The van der Waals surface area contributed by atoms with Crippen LogP contribution in [0.4, 0.5) is 0 Å². The van der Waals surface area contributed by atoms with Gasteiger partial charge in [-0.1, -0.05) is 41.9 Å². The van der Waals surface area contributed by atoms with Crippen molar-refractivity contribution >= 4 is 17.3 Å². The Balaban J connectivity index is 1.62. The molecule has 2 aliphatic heterocycles. The largest absolute Gasteiger partial charge is 0.469 e. The number of nitrogens with one attached hydrogen (secondary N) is 1. The summed E-state index contributed by atoms with van der Waals surface area (Å²) in [6.45, 7) is 0. The van der Waals surface area contributed by atoms with Crippen LogP contribution in [0.5, 0.6) is 5.75 Å². The standard InChI is InChI=1S/C20H15ClN2O2/c21-14-8-9-18-15(11-14)17-12-16(19-7-4-10-24-19)22-23(17)20(25-18)13-5-2-1-3-6-13/h1-12,17,20,22H/t17-,20-/m0/s1. The van der Waals surface area contributed by atoms with Crippen LogP contribution in [-0.2, 0) is 0 Å². The maximum absolute atomic E-state index is 6.29. The summed E-state index contributed by atoms with van der Waals surface area (Å²) in [5.41, 5.74) is 6.47. The fourth-order valence-corrected chi connectivity index (χ4v) is 3.56. The van der Waals surface area contributed by atoms with E-state index < -0.39 is 0 Å². The van der Waals surface area contributed by atoms with Gasteiger partial charge >= 0.3 is 0 Å². The lowest BCUT2D eigenvalue weighted by Gasteiger charge is -2.38. The first-order valence-electron chi connectivity index (χ1n) is 8.11. The molecule has 2 aromatic carbocycles. The molecule has 1 N–H and O–H groups in total. The van der Waals surface area contributed by atoms with Crippen molar-refractivity contribution < 1.29 is 9.15 Å². The van der Waals surface area contributed by atoms with Crippen molar-refractivity contribution in [2.75, 3.05) is 0 Å². The van der Waals surface area contributed by atoms with Crippen molar-refractivity contribution in [3.63, 3.8) is 0 Å². The molecular weight excluding hydrogens is 336 g/mol. The first-order chi connectivity index (χ1) is 12.3. The molecule has 3 aromatic rings. The summed E-state index contributed by atoms with van der Waals surface area (Å²) in [7, 11) is 0. The Bertz CT molecular complexity index is 938. The van der Waals surface area contributed by atoms with Crippen LogP contribution in [-0.4, -0.2) is 5.01 Å². The Morgan fingerprint density at radius 2 is 1.88 bits per heavy atom. The summed E-state index contributed by atoms with van der Waals surface area (Å²) < 4.78 is 11.8. The highest BCUT2D eigenvalue weighted by Crippen LogP contribution is 2.46. The molecule has 0 bridgehead atoms. The van der Waals surface area contributed by atoms with E-state index in [9.17, 15) is 0 Å². The molecule has 1 aromatic heterocycles. The molecule has 0 aliphatic carbocycles. The van der Waals surface area contributed by atoms with Gasteiger partial charge in [0.05, 0.1) is 18.0 Å². The summed E-state index contributed by atoms with van der Waals surface area (Å²) in [6.07, 6.45) is 3.57. The molecule has 0 unspecified atom stereocenters. The third-order valence-electron chi connectivity index (χ3n) is 4.53. The quantitative estimate of drug-likeness (QED) is 0.711. The Morgan fingerprint density at radius 3 is 2.68 bits per heavy atom. The third-order valence-corrected chi connectivity index (χ3v) is 4.76. The van der Waals surface area contributed by atoms with Gasteiger partial charge in [0.15, 0.2) is 12.0 Å². The van der Waals surface area contributed by atoms with Gasteiger partial charge < -0.3 is 14.6 Å². The highest BCUT2D eigenvalue weighted by atomic mass is 35.5. The maximum Gasteiger partial charge on any atom is 0.195 e.